The minimum absolute atomic E-state index is 0.0101. The molecule has 3 heterocycles. The second-order valence-electron chi connectivity index (χ2n) is 33.2. The Morgan fingerprint density at radius 2 is 0.638 bits per heavy atom. The molecule has 28 heteroatoms. The average Bonchev–Trinajstić information content (AvgIpc) is 1.21. The average molecular weight is 1750 g/mol. The van der Waals surface area contributed by atoms with Gasteiger partial charge in [0.1, 0.15) is 0 Å². The lowest BCUT2D eigenvalue weighted by molar-refractivity contribution is -0.134. The molecule has 3 aliphatic heterocycles. The Hall–Kier alpha value is -14.4. The maximum Gasteiger partial charge on any atom is 0.251 e. The van der Waals surface area contributed by atoms with E-state index in [0.29, 0.717) is 158 Å². The third kappa shape index (κ3) is 28.6. The van der Waals surface area contributed by atoms with E-state index in [4.69, 9.17) is 34.4 Å². The highest BCUT2D eigenvalue weighted by Gasteiger charge is 2.36. The number of guanidine groups is 3. The summed E-state index contributed by atoms with van der Waals surface area (Å²) in [7, 11) is 0. The zero-order valence-electron chi connectivity index (χ0n) is 73.8. The molecule has 14 rings (SSSR count). The predicted octanol–water partition coefficient (Wildman–Crippen LogP) is 9.71. The normalized spacial score (nSPS) is 17.3. The van der Waals surface area contributed by atoms with Crippen LogP contribution >= 0.6 is 0 Å². The van der Waals surface area contributed by atoms with Gasteiger partial charge < -0.3 is 91.6 Å². The SMILES string of the molecule is Cc1cc(C)cc(CN2CC[C@@H](CNC(=O)c3ccc4ccccc4c3)N[C@@H](CCCN=C(N)N)C2=O)c1.NC(N)=NCCC[C@@H]1N[C@H](CNC(=O)c2ccc3ccccc3c2)CCN(C[C@@H](NC(=O)c2ccccc2)c2ccccc2)C1=O.NC(N)=NCCC[C@@H]1N[C@H](CNC(=O)c2ccc3ccccc3c2)CCN(C[C@H](NC(=O)c2ccccc2)c2ccccc2)C1=O. The number of fused-ring (bicyclic) bond motifs is 3. The van der Waals surface area contributed by atoms with Crippen LogP contribution in [-0.4, -0.2) is 188 Å². The maximum atomic E-state index is 14.0. The van der Waals surface area contributed by atoms with Gasteiger partial charge in [0.2, 0.25) is 17.7 Å². The number of benzene rings is 11. The van der Waals surface area contributed by atoms with Crippen LogP contribution in [0, 0.1) is 13.8 Å². The van der Waals surface area contributed by atoms with Crippen molar-refractivity contribution in [3.63, 3.8) is 0 Å². The van der Waals surface area contributed by atoms with E-state index >= 15 is 0 Å². The number of carbonyl (C=O) groups excluding carboxylic acids is 8. The summed E-state index contributed by atoms with van der Waals surface area (Å²) in [6, 6.07) is 82.0. The van der Waals surface area contributed by atoms with E-state index in [2.05, 4.69) is 89.6 Å². The zero-order valence-corrected chi connectivity index (χ0v) is 73.8. The van der Waals surface area contributed by atoms with Gasteiger partial charge in [-0.15, -0.1) is 0 Å². The zero-order chi connectivity index (χ0) is 91.7. The van der Waals surface area contributed by atoms with Crippen molar-refractivity contribution in [2.24, 2.45) is 49.4 Å². The minimum Gasteiger partial charge on any atom is -0.370 e. The van der Waals surface area contributed by atoms with Crippen molar-refractivity contribution < 1.29 is 38.4 Å². The van der Waals surface area contributed by atoms with Crippen LogP contribution < -0.4 is 76.9 Å². The van der Waals surface area contributed by atoms with Crippen molar-refractivity contribution >= 4 is 97.5 Å². The van der Waals surface area contributed by atoms with Gasteiger partial charge in [0.05, 0.1) is 30.2 Å². The smallest absolute Gasteiger partial charge is 0.251 e. The molecule has 0 bridgehead atoms. The van der Waals surface area contributed by atoms with Crippen LogP contribution in [0.4, 0.5) is 0 Å². The molecule has 11 aromatic carbocycles. The van der Waals surface area contributed by atoms with E-state index < -0.39 is 24.2 Å². The maximum absolute atomic E-state index is 14.0. The standard InChI is InChI=1S/2C36H41N7O3.C30H38N6O2/c2*37-36(38)39-20-9-16-31-35(46)43(24-32(26-11-3-1-4-12-26)42-34(45)27-13-5-2-6-14-27)21-19-30(41-31)23-40-33(44)29-18-17-25-10-7-8-15-28(25)22-29;1-20-14-21(2)16-22(15-20)19-36-13-11-26(35-27(29(36)38)8-5-12-33-30(31)32)18-34-28(37)25-10-9-23-6-3-4-7-24(23)17-25/h2*1-8,10-15,17-18,22,30-32,41H,9,16,19-21,23-24H2,(H,40,44)(H,42,45)(H4,37,38,39);3-4,6-7,9-10,14-17,26-27,35H,5,8,11-13,18-19H2,1-2H3,(H,34,37)(H4,31,32,33)/t30-,31-,32+;30-,31-,32-;26-,27-/m000/s1. The Morgan fingerprint density at radius 3 is 0.962 bits per heavy atom. The number of rotatable bonds is 33. The molecule has 0 aliphatic carbocycles. The molecule has 28 nitrogen and oxygen atoms in total. The summed E-state index contributed by atoms with van der Waals surface area (Å²) in [5, 5.41) is 32.2. The molecule has 3 saturated heterocycles. The van der Waals surface area contributed by atoms with Gasteiger partial charge in [-0.3, -0.25) is 53.3 Å². The second-order valence-corrected chi connectivity index (χ2v) is 33.2. The van der Waals surface area contributed by atoms with Gasteiger partial charge in [-0.2, -0.15) is 0 Å². The highest BCUT2D eigenvalue weighted by molar-refractivity contribution is 6.01. The largest absolute Gasteiger partial charge is 0.370 e. The van der Waals surface area contributed by atoms with Crippen LogP contribution in [0.1, 0.15) is 149 Å². The fraction of sp³-hybridized carbons (Fsp3) is 0.304. The van der Waals surface area contributed by atoms with E-state index in [1.807, 2.05) is 239 Å². The third-order valence-corrected chi connectivity index (χ3v) is 23.3. The molecule has 20 N–H and O–H groups in total. The van der Waals surface area contributed by atoms with Crippen LogP contribution in [-0.2, 0) is 20.9 Å². The van der Waals surface area contributed by atoms with Crippen LogP contribution in [0.2, 0.25) is 0 Å². The Kier molecular flexibility index (Phi) is 35.0. The number of hydrogen-bond donors (Lipinski definition) is 14. The lowest BCUT2D eigenvalue weighted by Gasteiger charge is -2.29. The number of aryl methyl sites for hydroxylation is 2. The summed E-state index contributed by atoms with van der Waals surface area (Å²) in [4.78, 5) is 125. The summed E-state index contributed by atoms with van der Waals surface area (Å²) in [5.74, 6) is -0.875. The van der Waals surface area contributed by atoms with Gasteiger partial charge in [0, 0.05) is 124 Å². The fourth-order valence-electron chi connectivity index (χ4n) is 16.6. The summed E-state index contributed by atoms with van der Waals surface area (Å²) in [5.41, 5.74) is 41.1. The summed E-state index contributed by atoms with van der Waals surface area (Å²) in [6.07, 6.45) is 5.45. The van der Waals surface area contributed by atoms with Crippen LogP contribution in [0.15, 0.2) is 282 Å². The first-order valence-electron chi connectivity index (χ1n) is 44.5. The molecular weight excluding hydrogens is 1630 g/mol. The molecule has 676 valence electrons. The monoisotopic (exact) mass is 1750 g/mol. The van der Waals surface area contributed by atoms with Crippen molar-refractivity contribution in [3.05, 3.63) is 323 Å². The van der Waals surface area contributed by atoms with E-state index in [1.165, 1.54) is 11.1 Å². The Labute approximate surface area is 759 Å². The first-order chi connectivity index (χ1) is 63.0. The van der Waals surface area contributed by atoms with Crippen molar-refractivity contribution in [2.45, 2.75) is 127 Å². The van der Waals surface area contributed by atoms with E-state index in [-0.39, 0.29) is 89.3 Å². The second kappa shape index (κ2) is 48.0. The van der Waals surface area contributed by atoms with Crippen LogP contribution in [0.3, 0.4) is 0 Å². The fourth-order valence-corrected chi connectivity index (χ4v) is 16.6. The first-order valence-corrected chi connectivity index (χ1v) is 44.5. The lowest BCUT2D eigenvalue weighted by Crippen LogP contribution is -2.50. The molecule has 0 radical (unpaired) electrons. The Morgan fingerprint density at radius 1 is 0.346 bits per heavy atom. The quantitative estimate of drug-likeness (QED) is 0.0103. The highest BCUT2D eigenvalue weighted by Crippen LogP contribution is 2.26. The molecule has 0 aromatic heterocycles. The van der Waals surface area contributed by atoms with Gasteiger partial charge >= 0.3 is 0 Å². The number of nitrogens with two attached hydrogens (primary N) is 6. The molecule has 0 unspecified atom stereocenters. The van der Waals surface area contributed by atoms with Gasteiger partial charge in [0.25, 0.3) is 29.5 Å². The van der Waals surface area contributed by atoms with Gasteiger partial charge in [-0.1, -0.05) is 217 Å². The highest BCUT2D eigenvalue weighted by atomic mass is 16.2. The molecule has 0 spiro atoms. The topological polar surface area (TPSA) is 436 Å². The molecule has 3 aliphatic rings. The van der Waals surface area contributed by atoms with Crippen LogP contribution in [0.5, 0.6) is 0 Å². The number of amides is 8. The Balaban J connectivity index is 0.000000177. The molecule has 130 heavy (non-hydrogen) atoms. The van der Waals surface area contributed by atoms with E-state index in [1.54, 1.807) is 24.3 Å². The molecular formula is C102H120N20O8. The molecule has 0 saturated carbocycles. The number of nitrogens with zero attached hydrogens (tertiary/aromatic N) is 6. The number of aliphatic imine (C=N–C) groups is 3. The molecule has 11 aromatic rings. The lowest BCUT2D eigenvalue weighted by atomic mass is 10.0. The number of hydrogen-bond acceptors (Lipinski definition) is 14. The van der Waals surface area contributed by atoms with Crippen molar-refractivity contribution in [3.8, 4) is 0 Å². The minimum atomic E-state index is -0.513. The van der Waals surface area contributed by atoms with Gasteiger partial charge in [-0.25, -0.2) is 0 Å². The van der Waals surface area contributed by atoms with E-state index in [0.717, 1.165) is 55.4 Å². The summed E-state index contributed by atoms with van der Waals surface area (Å²) >= 11 is 0. The summed E-state index contributed by atoms with van der Waals surface area (Å²) in [6.45, 7) is 9.22. The first kappa shape index (κ1) is 94.8. The molecule has 3 fully saturated rings. The molecule has 8 atom stereocenters. The van der Waals surface area contributed by atoms with Crippen molar-refractivity contribution in [1.82, 2.24) is 57.2 Å². The van der Waals surface area contributed by atoms with Gasteiger partial charge in [0.15, 0.2) is 17.9 Å². The van der Waals surface area contributed by atoms with Crippen molar-refractivity contribution in [2.75, 3.05) is 72.0 Å². The Bertz CT molecular complexity index is 5470. The van der Waals surface area contributed by atoms with Crippen LogP contribution in [0.25, 0.3) is 32.3 Å². The number of nitrogens with one attached hydrogen (secondary N) is 8. The van der Waals surface area contributed by atoms with Gasteiger partial charge in [-0.05, 0) is 181 Å². The number of carbonyl (C=O) groups is 8. The predicted molar refractivity (Wildman–Crippen MR) is 515 cm³/mol. The van der Waals surface area contributed by atoms with E-state index in [9.17, 15) is 38.4 Å². The molecule has 8 amide bonds. The summed E-state index contributed by atoms with van der Waals surface area (Å²) < 4.78 is 0. The third-order valence-electron chi connectivity index (χ3n) is 23.3. The van der Waals surface area contributed by atoms with Crippen molar-refractivity contribution in [1.29, 1.82) is 0 Å².